The standard InChI is InChI=1S/C15H21N3OS/c16-15(19)18-8-5-11(6-9-18)17-13-7-10-20-14-4-2-1-3-12(13)14/h1-4,11,13,17H,5-10H2,(H2,16,19). The Hall–Kier alpha value is -1.20. The number of benzene rings is 1. The molecule has 1 aromatic carbocycles. The number of primary amides is 1. The first-order valence-electron chi connectivity index (χ1n) is 7.26. The highest BCUT2D eigenvalue weighted by Gasteiger charge is 2.26. The van der Waals surface area contributed by atoms with Crippen LogP contribution in [0.3, 0.4) is 0 Å². The molecule has 2 aliphatic heterocycles. The number of amides is 2. The Kier molecular flexibility index (Phi) is 4.17. The molecular weight excluding hydrogens is 270 g/mol. The summed E-state index contributed by atoms with van der Waals surface area (Å²) in [5, 5.41) is 3.78. The van der Waals surface area contributed by atoms with Crippen molar-refractivity contribution in [3.63, 3.8) is 0 Å². The molecule has 0 bridgehead atoms. The number of nitrogens with one attached hydrogen (secondary N) is 1. The van der Waals surface area contributed by atoms with Crippen LogP contribution in [0.5, 0.6) is 0 Å². The molecule has 3 rings (SSSR count). The Balaban J connectivity index is 1.61. The minimum atomic E-state index is -0.289. The van der Waals surface area contributed by atoms with Crippen molar-refractivity contribution in [3.05, 3.63) is 29.8 Å². The topological polar surface area (TPSA) is 58.4 Å². The normalized spacial score (nSPS) is 23.4. The van der Waals surface area contributed by atoms with Crippen molar-refractivity contribution in [2.45, 2.75) is 36.2 Å². The monoisotopic (exact) mass is 291 g/mol. The SMILES string of the molecule is NC(=O)N1CCC(NC2CCSc3ccccc32)CC1. The van der Waals surface area contributed by atoms with Gasteiger partial charge in [-0.2, -0.15) is 0 Å². The maximum atomic E-state index is 11.1. The van der Waals surface area contributed by atoms with Crippen LogP contribution in [0.15, 0.2) is 29.2 Å². The molecule has 0 aromatic heterocycles. The number of carbonyl (C=O) groups excluding carboxylic acids is 1. The summed E-state index contributed by atoms with van der Waals surface area (Å²) in [4.78, 5) is 14.3. The van der Waals surface area contributed by atoms with Crippen LogP contribution in [0, 0.1) is 0 Å². The van der Waals surface area contributed by atoms with Crippen LogP contribution in [0.4, 0.5) is 4.79 Å². The zero-order valence-corrected chi connectivity index (χ0v) is 12.4. The Morgan fingerprint density at radius 1 is 1.25 bits per heavy atom. The Morgan fingerprint density at radius 3 is 2.75 bits per heavy atom. The van der Waals surface area contributed by atoms with Crippen LogP contribution < -0.4 is 11.1 Å². The van der Waals surface area contributed by atoms with Crippen molar-refractivity contribution in [1.82, 2.24) is 10.2 Å². The zero-order valence-electron chi connectivity index (χ0n) is 11.5. The number of carbonyl (C=O) groups is 1. The van der Waals surface area contributed by atoms with Crippen molar-refractivity contribution in [3.8, 4) is 0 Å². The van der Waals surface area contributed by atoms with Gasteiger partial charge in [0.05, 0.1) is 0 Å². The quantitative estimate of drug-likeness (QED) is 0.879. The van der Waals surface area contributed by atoms with Gasteiger partial charge in [-0.3, -0.25) is 0 Å². The number of urea groups is 1. The van der Waals surface area contributed by atoms with E-state index in [1.54, 1.807) is 4.90 Å². The summed E-state index contributed by atoms with van der Waals surface area (Å²) in [5.41, 5.74) is 6.76. The van der Waals surface area contributed by atoms with Crippen LogP contribution in [-0.4, -0.2) is 35.8 Å². The predicted octanol–water partition coefficient (Wildman–Crippen LogP) is 2.36. The molecule has 1 fully saturated rings. The van der Waals surface area contributed by atoms with Crippen LogP contribution >= 0.6 is 11.8 Å². The number of nitrogens with zero attached hydrogens (tertiary/aromatic N) is 1. The number of piperidine rings is 1. The molecule has 2 aliphatic rings. The number of hydrogen-bond donors (Lipinski definition) is 2. The fourth-order valence-electron chi connectivity index (χ4n) is 3.07. The molecular formula is C15H21N3OS. The summed E-state index contributed by atoms with van der Waals surface area (Å²) in [6.45, 7) is 1.55. The Morgan fingerprint density at radius 2 is 2.00 bits per heavy atom. The van der Waals surface area contributed by atoms with E-state index in [4.69, 9.17) is 5.73 Å². The van der Waals surface area contributed by atoms with Gasteiger partial charge in [-0.15, -0.1) is 11.8 Å². The maximum absolute atomic E-state index is 11.1. The molecule has 0 saturated carbocycles. The van der Waals surface area contributed by atoms with E-state index in [0.29, 0.717) is 12.1 Å². The lowest BCUT2D eigenvalue weighted by Crippen LogP contribution is -2.47. The van der Waals surface area contributed by atoms with Crippen molar-refractivity contribution in [2.75, 3.05) is 18.8 Å². The second-order valence-corrected chi connectivity index (χ2v) is 6.63. The van der Waals surface area contributed by atoms with E-state index in [2.05, 4.69) is 29.6 Å². The fraction of sp³-hybridized carbons (Fsp3) is 0.533. The lowest BCUT2D eigenvalue weighted by atomic mass is 9.99. The summed E-state index contributed by atoms with van der Waals surface area (Å²) < 4.78 is 0. The van der Waals surface area contributed by atoms with Gasteiger partial charge in [-0.05, 0) is 36.6 Å². The van der Waals surface area contributed by atoms with E-state index in [9.17, 15) is 4.79 Å². The van der Waals surface area contributed by atoms with Gasteiger partial charge in [-0.1, -0.05) is 18.2 Å². The summed E-state index contributed by atoms with van der Waals surface area (Å²) in [7, 11) is 0. The average Bonchev–Trinajstić information content (AvgIpc) is 2.48. The van der Waals surface area contributed by atoms with Gasteiger partial charge in [0.2, 0.25) is 0 Å². The second kappa shape index (κ2) is 6.06. The molecule has 108 valence electrons. The van der Waals surface area contributed by atoms with Gasteiger partial charge in [0.15, 0.2) is 0 Å². The third-order valence-electron chi connectivity index (χ3n) is 4.20. The molecule has 0 radical (unpaired) electrons. The minimum absolute atomic E-state index is 0.289. The van der Waals surface area contributed by atoms with E-state index in [1.165, 1.54) is 22.6 Å². The number of fused-ring (bicyclic) bond motifs is 1. The molecule has 1 saturated heterocycles. The first kappa shape index (κ1) is 13.8. The number of thioether (sulfide) groups is 1. The Bertz CT molecular complexity index is 486. The maximum Gasteiger partial charge on any atom is 0.314 e. The van der Waals surface area contributed by atoms with Crippen LogP contribution in [-0.2, 0) is 0 Å². The summed E-state index contributed by atoms with van der Waals surface area (Å²) >= 11 is 1.95. The van der Waals surface area contributed by atoms with Gasteiger partial charge in [0.25, 0.3) is 0 Å². The average molecular weight is 291 g/mol. The van der Waals surface area contributed by atoms with Crippen LogP contribution in [0.1, 0.15) is 30.9 Å². The highest BCUT2D eigenvalue weighted by atomic mass is 32.2. The summed E-state index contributed by atoms with van der Waals surface area (Å²) in [6.07, 6.45) is 3.17. The fourth-order valence-corrected chi connectivity index (χ4v) is 4.19. The first-order chi connectivity index (χ1) is 9.74. The van der Waals surface area contributed by atoms with Gasteiger partial charge >= 0.3 is 6.03 Å². The number of likely N-dealkylation sites (tertiary alicyclic amines) is 1. The van der Waals surface area contributed by atoms with E-state index >= 15 is 0 Å². The van der Waals surface area contributed by atoms with Crippen molar-refractivity contribution in [1.29, 1.82) is 0 Å². The molecule has 20 heavy (non-hydrogen) atoms. The smallest absolute Gasteiger partial charge is 0.314 e. The van der Waals surface area contributed by atoms with E-state index in [-0.39, 0.29) is 6.03 Å². The van der Waals surface area contributed by atoms with Gasteiger partial charge < -0.3 is 16.0 Å². The number of hydrogen-bond acceptors (Lipinski definition) is 3. The second-order valence-electron chi connectivity index (χ2n) is 5.49. The predicted molar refractivity (Wildman–Crippen MR) is 81.8 cm³/mol. The molecule has 2 amide bonds. The zero-order chi connectivity index (χ0) is 13.9. The van der Waals surface area contributed by atoms with Crippen molar-refractivity contribution >= 4 is 17.8 Å². The third-order valence-corrected chi connectivity index (χ3v) is 5.32. The first-order valence-corrected chi connectivity index (χ1v) is 8.25. The minimum Gasteiger partial charge on any atom is -0.351 e. The van der Waals surface area contributed by atoms with Gasteiger partial charge in [0, 0.05) is 30.1 Å². The molecule has 3 N–H and O–H groups in total. The van der Waals surface area contributed by atoms with Crippen LogP contribution in [0.2, 0.25) is 0 Å². The van der Waals surface area contributed by atoms with E-state index < -0.39 is 0 Å². The van der Waals surface area contributed by atoms with Gasteiger partial charge in [0.1, 0.15) is 0 Å². The van der Waals surface area contributed by atoms with Crippen molar-refractivity contribution in [2.24, 2.45) is 5.73 Å². The third kappa shape index (κ3) is 2.94. The number of rotatable bonds is 2. The largest absolute Gasteiger partial charge is 0.351 e. The van der Waals surface area contributed by atoms with E-state index in [0.717, 1.165) is 25.9 Å². The lowest BCUT2D eigenvalue weighted by Gasteiger charge is -2.35. The molecule has 0 aliphatic carbocycles. The summed E-state index contributed by atoms with van der Waals surface area (Å²) in [6, 6.07) is 9.34. The molecule has 1 aromatic rings. The van der Waals surface area contributed by atoms with Gasteiger partial charge in [-0.25, -0.2) is 4.79 Å². The molecule has 1 unspecified atom stereocenters. The molecule has 4 nitrogen and oxygen atoms in total. The molecule has 5 heteroatoms. The molecule has 1 atom stereocenters. The van der Waals surface area contributed by atoms with E-state index in [1.807, 2.05) is 11.8 Å². The number of nitrogens with two attached hydrogens (primary N) is 1. The lowest BCUT2D eigenvalue weighted by molar-refractivity contribution is 0.182. The highest BCUT2D eigenvalue weighted by molar-refractivity contribution is 7.99. The molecule has 0 spiro atoms. The summed E-state index contributed by atoms with van der Waals surface area (Å²) in [5.74, 6) is 1.18. The Labute approximate surface area is 124 Å². The molecule has 2 heterocycles. The van der Waals surface area contributed by atoms with Crippen molar-refractivity contribution < 1.29 is 4.79 Å². The highest BCUT2D eigenvalue weighted by Crippen LogP contribution is 2.36. The van der Waals surface area contributed by atoms with Crippen LogP contribution in [0.25, 0.3) is 0 Å².